The molecule has 20 heavy (non-hydrogen) atoms. The molecule has 0 aliphatic carbocycles. The highest BCUT2D eigenvalue weighted by Gasteiger charge is 2.15. The molecule has 1 aromatic rings. The first-order valence-corrected chi connectivity index (χ1v) is 7.32. The highest BCUT2D eigenvalue weighted by Crippen LogP contribution is 2.20. The molecule has 1 N–H and O–H groups in total. The van der Waals surface area contributed by atoms with Crippen LogP contribution < -0.4 is 10.1 Å². The van der Waals surface area contributed by atoms with E-state index in [1.165, 1.54) is 0 Å². The Morgan fingerprint density at radius 3 is 2.85 bits per heavy atom. The summed E-state index contributed by atoms with van der Waals surface area (Å²) in [6.45, 7) is 8.37. The topological polar surface area (TPSA) is 38.3 Å². The van der Waals surface area contributed by atoms with Crippen LogP contribution in [-0.2, 0) is 11.2 Å². The molecule has 0 fully saturated rings. The standard InChI is InChI=1S/C17H25NO2/c1-4-6-9-13-18-17(19)14(3)20-16-12-8-7-11-15(16)10-5-2/h5,7-8,11-12,14H,2,4,6,9-10,13H2,1,3H3,(H,18,19)/t14-/m0/s1. The maximum atomic E-state index is 11.9. The first-order chi connectivity index (χ1) is 9.69. The summed E-state index contributed by atoms with van der Waals surface area (Å²) in [5.74, 6) is 0.693. The Morgan fingerprint density at radius 2 is 2.15 bits per heavy atom. The Bertz CT molecular complexity index is 429. The van der Waals surface area contributed by atoms with Gasteiger partial charge in [-0.2, -0.15) is 0 Å². The quantitative estimate of drug-likeness (QED) is 0.553. The van der Waals surface area contributed by atoms with Crippen LogP contribution >= 0.6 is 0 Å². The van der Waals surface area contributed by atoms with Gasteiger partial charge in [0.25, 0.3) is 5.91 Å². The van der Waals surface area contributed by atoms with Gasteiger partial charge in [-0.3, -0.25) is 4.79 Å². The Kier molecular flexibility index (Phi) is 7.48. The van der Waals surface area contributed by atoms with E-state index >= 15 is 0 Å². The van der Waals surface area contributed by atoms with Gasteiger partial charge in [0.2, 0.25) is 0 Å². The molecule has 1 aromatic carbocycles. The third-order valence-electron chi connectivity index (χ3n) is 3.09. The molecule has 0 heterocycles. The van der Waals surface area contributed by atoms with E-state index in [-0.39, 0.29) is 5.91 Å². The lowest BCUT2D eigenvalue weighted by Gasteiger charge is -2.16. The zero-order chi connectivity index (χ0) is 14.8. The lowest BCUT2D eigenvalue weighted by atomic mass is 10.1. The van der Waals surface area contributed by atoms with Crippen LogP contribution in [0.3, 0.4) is 0 Å². The molecule has 1 atom stereocenters. The first-order valence-electron chi connectivity index (χ1n) is 7.32. The Hall–Kier alpha value is -1.77. The Morgan fingerprint density at radius 1 is 1.40 bits per heavy atom. The molecule has 1 amide bonds. The van der Waals surface area contributed by atoms with Crippen molar-refractivity contribution >= 4 is 5.91 Å². The van der Waals surface area contributed by atoms with Gasteiger partial charge in [-0.1, -0.05) is 44.0 Å². The van der Waals surface area contributed by atoms with Crippen molar-refractivity contribution in [2.24, 2.45) is 0 Å². The molecular formula is C17H25NO2. The summed E-state index contributed by atoms with van der Waals surface area (Å²) < 4.78 is 5.76. The van der Waals surface area contributed by atoms with Gasteiger partial charge in [0.15, 0.2) is 6.10 Å². The number of rotatable bonds is 9. The van der Waals surface area contributed by atoms with Gasteiger partial charge in [0, 0.05) is 6.54 Å². The second-order valence-electron chi connectivity index (χ2n) is 4.86. The highest BCUT2D eigenvalue weighted by atomic mass is 16.5. The molecule has 3 heteroatoms. The second-order valence-corrected chi connectivity index (χ2v) is 4.86. The number of nitrogens with one attached hydrogen (secondary N) is 1. The molecule has 0 radical (unpaired) electrons. The van der Waals surface area contributed by atoms with E-state index in [9.17, 15) is 4.79 Å². The lowest BCUT2D eigenvalue weighted by molar-refractivity contribution is -0.127. The maximum Gasteiger partial charge on any atom is 0.260 e. The number of ether oxygens (including phenoxy) is 1. The summed E-state index contributed by atoms with van der Waals surface area (Å²) in [5, 5.41) is 2.90. The maximum absolute atomic E-state index is 11.9. The predicted octanol–water partition coefficient (Wildman–Crippen LogP) is 3.49. The third kappa shape index (κ3) is 5.47. The van der Waals surface area contributed by atoms with Gasteiger partial charge in [-0.25, -0.2) is 0 Å². The van der Waals surface area contributed by atoms with Gasteiger partial charge < -0.3 is 10.1 Å². The van der Waals surface area contributed by atoms with Crippen molar-refractivity contribution in [1.82, 2.24) is 5.32 Å². The average Bonchev–Trinajstić information content (AvgIpc) is 2.45. The van der Waals surface area contributed by atoms with Crippen molar-refractivity contribution in [3.8, 4) is 5.75 Å². The molecule has 0 saturated heterocycles. The summed E-state index contributed by atoms with van der Waals surface area (Å²) in [5.41, 5.74) is 1.05. The van der Waals surface area contributed by atoms with Crippen molar-refractivity contribution in [2.75, 3.05) is 6.54 Å². The van der Waals surface area contributed by atoms with E-state index in [1.807, 2.05) is 30.3 Å². The average molecular weight is 275 g/mol. The predicted molar refractivity (Wildman–Crippen MR) is 83.0 cm³/mol. The summed E-state index contributed by atoms with van der Waals surface area (Å²) >= 11 is 0. The van der Waals surface area contributed by atoms with E-state index < -0.39 is 6.10 Å². The number of para-hydroxylation sites is 1. The molecule has 0 aliphatic heterocycles. The molecule has 0 bridgehead atoms. The van der Waals surface area contributed by atoms with Crippen LogP contribution in [0, 0.1) is 0 Å². The number of allylic oxidation sites excluding steroid dienone is 1. The number of hydrogen-bond donors (Lipinski definition) is 1. The molecule has 0 aliphatic rings. The van der Waals surface area contributed by atoms with Gasteiger partial charge in [0.05, 0.1) is 0 Å². The monoisotopic (exact) mass is 275 g/mol. The summed E-state index contributed by atoms with van der Waals surface area (Å²) in [6.07, 6.45) is 5.39. The SMILES string of the molecule is C=CCc1ccccc1O[C@@H](C)C(=O)NCCCCC. The van der Waals surface area contributed by atoms with E-state index in [0.717, 1.165) is 37.0 Å². The van der Waals surface area contributed by atoms with Crippen molar-refractivity contribution in [3.05, 3.63) is 42.5 Å². The van der Waals surface area contributed by atoms with Crippen molar-refractivity contribution in [3.63, 3.8) is 0 Å². The minimum atomic E-state index is -0.484. The number of amides is 1. The van der Waals surface area contributed by atoms with Crippen molar-refractivity contribution in [1.29, 1.82) is 0 Å². The largest absolute Gasteiger partial charge is 0.481 e. The van der Waals surface area contributed by atoms with Crippen molar-refractivity contribution < 1.29 is 9.53 Å². The highest BCUT2D eigenvalue weighted by molar-refractivity contribution is 5.80. The lowest BCUT2D eigenvalue weighted by Crippen LogP contribution is -2.36. The fraction of sp³-hybridized carbons (Fsp3) is 0.471. The molecule has 3 nitrogen and oxygen atoms in total. The number of carbonyl (C=O) groups excluding carboxylic acids is 1. The van der Waals surface area contributed by atoms with Gasteiger partial charge in [-0.05, 0) is 31.4 Å². The fourth-order valence-electron chi connectivity index (χ4n) is 1.92. The van der Waals surface area contributed by atoms with E-state index in [0.29, 0.717) is 6.54 Å². The third-order valence-corrected chi connectivity index (χ3v) is 3.09. The fourth-order valence-corrected chi connectivity index (χ4v) is 1.92. The zero-order valence-corrected chi connectivity index (χ0v) is 12.5. The summed E-state index contributed by atoms with van der Waals surface area (Å²) in [4.78, 5) is 11.9. The minimum Gasteiger partial charge on any atom is -0.481 e. The normalized spacial score (nSPS) is 11.7. The van der Waals surface area contributed by atoms with Crippen LogP contribution in [0.5, 0.6) is 5.75 Å². The summed E-state index contributed by atoms with van der Waals surface area (Å²) in [6, 6.07) is 7.75. The molecular weight excluding hydrogens is 250 g/mol. The second kappa shape index (κ2) is 9.18. The molecule has 0 spiro atoms. The Labute approximate surface area is 122 Å². The Balaban J connectivity index is 2.50. The first kappa shape index (κ1) is 16.3. The smallest absolute Gasteiger partial charge is 0.260 e. The minimum absolute atomic E-state index is 0.0606. The number of hydrogen-bond acceptors (Lipinski definition) is 2. The molecule has 1 rings (SSSR count). The van der Waals surface area contributed by atoms with Crippen LogP contribution in [0.4, 0.5) is 0 Å². The zero-order valence-electron chi connectivity index (χ0n) is 12.5. The van der Waals surface area contributed by atoms with Crippen molar-refractivity contribution in [2.45, 2.75) is 45.6 Å². The van der Waals surface area contributed by atoms with E-state index in [2.05, 4.69) is 18.8 Å². The van der Waals surface area contributed by atoms with Crippen LogP contribution in [0.15, 0.2) is 36.9 Å². The van der Waals surface area contributed by atoms with Crippen LogP contribution in [-0.4, -0.2) is 18.6 Å². The number of benzene rings is 1. The van der Waals surface area contributed by atoms with Crippen LogP contribution in [0.2, 0.25) is 0 Å². The number of carbonyl (C=O) groups is 1. The van der Waals surface area contributed by atoms with Crippen LogP contribution in [0.1, 0.15) is 38.7 Å². The van der Waals surface area contributed by atoms with E-state index in [4.69, 9.17) is 4.74 Å². The van der Waals surface area contributed by atoms with Gasteiger partial charge >= 0.3 is 0 Å². The summed E-state index contributed by atoms with van der Waals surface area (Å²) in [7, 11) is 0. The molecule has 0 aromatic heterocycles. The van der Waals surface area contributed by atoms with Gasteiger partial charge in [-0.15, -0.1) is 6.58 Å². The molecule has 0 unspecified atom stereocenters. The molecule has 0 saturated carbocycles. The van der Waals surface area contributed by atoms with E-state index in [1.54, 1.807) is 6.92 Å². The van der Waals surface area contributed by atoms with Crippen LogP contribution in [0.25, 0.3) is 0 Å². The molecule has 110 valence electrons. The van der Waals surface area contributed by atoms with Gasteiger partial charge in [0.1, 0.15) is 5.75 Å². The number of unbranched alkanes of at least 4 members (excludes halogenated alkanes) is 2.